The maximum absolute atomic E-state index is 13.3. The van der Waals surface area contributed by atoms with Crippen molar-refractivity contribution in [3.8, 4) is 0 Å². The minimum Gasteiger partial charge on any atom is -0.314 e. The first-order chi connectivity index (χ1) is 12.8. The van der Waals surface area contributed by atoms with Crippen LogP contribution < -0.4 is 15.4 Å². The van der Waals surface area contributed by atoms with Gasteiger partial charge >= 0.3 is 0 Å². The predicted octanol–water partition coefficient (Wildman–Crippen LogP) is 2.80. The van der Waals surface area contributed by atoms with E-state index in [1.165, 1.54) is 21.3 Å². The molecule has 0 radical (unpaired) electrons. The van der Waals surface area contributed by atoms with Gasteiger partial charge in [-0.15, -0.1) is 0 Å². The molecule has 2 amide bonds. The Morgan fingerprint density at radius 1 is 0.889 bits per heavy atom. The summed E-state index contributed by atoms with van der Waals surface area (Å²) in [4.78, 5) is 41.2. The van der Waals surface area contributed by atoms with Crippen LogP contribution in [0.3, 0.4) is 0 Å². The van der Waals surface area contributed by atoms with Gasteiger partial charge in [0.05, 0.1) is 11.2 Å². The molecule has 0 saturated carbocycles. The number of fused-ring (bicyclic) bond motifs is 1. The fraction of sp³-hybridized carbons (Fsp3) is 0.190. The molecule has 3 aromatic rings. The van der Waals surface area contributed by atoms with Crippen molar-refractivity contribution in [3.05, 3.63) is 70.5 Å². The van der Waals surface area contributed by atoms with E-state index in [9.17, 15) is 14.4 Å². The number of rotatable bonds is 3. The maximum Gasteiger partial charge on any atom is 0.265 e. The van der Waals surface area contributed by atoms with Crippen molar-refractivity contribution >= 4 is 34.1 Å². The van der Waals surface area contributed by atoms with Crippen molar-refractivity contribution in [2.24, 2.45) is 7.05 Å². The number of carbonyl (C=O) groups is 2. The molecule has 0 aliphatic carbocycles. The van der Waals surface area contributed by atoms with Gasteiger partial charge in [-0.1, -0.05) is 36.4 Å². The number of para-hydroxylation sites is 2. The summed E-state index contributed by atoms with van der Waals surface area (Å²) >= 11 is 0. The first kappa shape index (κ1) is 18.4. The average molecular weight is 363 g/mol. The van der Waals surface area contributed by atoms with Crippen LogP contribution in [-0.2, 0) is 11.8 Å². The molecule has 3 rings (SSSR count). The normalized spacial score (nSPS) is 10.7. The van der Waals surface area contributed by atoms with Crippen LogP contribution in [0.4, 0.5) is 11.4 Å². The molecule has 0 atom stereocenters. The van der Waals surface area contributed by atoms with E-state index < -0.39 is 11.5 Å². The highest BCUT2D eigenvalue weighted by atomic mass is 16.2. The van der Waals surface area contributed by atoms with E-state index in [1.54, 1.807) is 39.3 Å². The smallest absolute Gasteiger partial charge is 0.265 e. The number of hydrogen-bond acceptors (Lipinski definition) is 3. The third kappa shape index (κ3) is 3.10. The van der Waals surface area contributed by atoms with Crippen LogP contribution in [0.5, 0.6) is 0 Å². The third-order valence-corrected chi connectivity index (χ3v) is 4.75. The fourth-order valence-corrected chi connectivity index (χ4v) is 3.11. The van der Waals surface area contributed by atoms with Crippen LogP contribution in [0.1, 0.15) is 17.3 Å². The monoisotopic (exact) mass is 363 g/mol. The lowest BCUT2D eigenvalue weighted by Crippen LogP contribution is -2.37. The summed E-state index contributed by atoms with van der Waals surface area (Å²) in [7, 11) is 4.81. The molecule has 0 fully saturated rings. The molecule has 0 spiro atoms. The summed E-state index contributed by atoms with van der Waals surface area (Å²) in [6.45, 7) is 1.40. The summed E-state index contributed by atoms with van der Waals surface area (Å²) in [5.41, 5.74) is 1.18. The maximum atomic E-state index is 13.3. The standard InChI is InChI=1S/C21H21N3O3/c1-14(25)22(2)19-16-12-8-9-13-17(16)24(4)21(27)18(19)20(26)23(3)15-10-6-5-7-11-15/h5-13H,1-4H3. The van der Waals surface area contributed by atoms with Crippen LogP contribution in [0, 0.1) is 0 Å². The van der Waals surface area contributed by atoms with Crippen LogP contribution in [0.15, 0.2) is 59.4 Å². The van der Waals surface area contributed by atoms with E-state index in [0.29, 0.717) is 22.3 Å². The van der Waals surface area contributed by atoms with Gasteiger partial charge in [0.25, 0.3) is 11.5 Å². The Labute approximate surface area is 157 Å². The van der Waals surface area contributed by atoms with Crippen LogP contribution in [0.2, 0.25) is 0 Å². The van der Waals surface area contributed by atoms with Crippen LogP contribution in [-0.4, -0.2) is 30.5 Å². The summed E-state index contributed by atoms with van der Waals surface area (Å²) in [5, 5.41) is 0.669. The van der Waals surface area contributed by atoms with Crippen molar-refractivity contribution < 1.29 is 9.59 Å². The fourth-order valence-electron chi connectivity index (χ4n) is 3.11. The lowest BCUT2D eigenvalue weighted by atomic mass is 10.1. The molecule has 2 aromatic carbocycles. The highest BCUT2D eigenvalue weighted by Gasteiger charge is 2.27. The Morgan fingerprint density at radius 3 is 2.11 bits per heavy atom. The van der Waals surface area contributed by atoms with Crippen molar-refractivity contribution in [1.82, 2.24) is 4.57 Å². The van der Waals surface area contributed by atoms with Gasteiger partial charge in [0.1, 0.15) is 5.56 Å². The Kier molecular flexibility index (Phi) is 4.81. The van der Waals surface area contributed by atoms with Gasteiger partial charge < -0.3 is 14.4 Å². The molecular weight excluding hydrogens is 342 g/mol. The number of carbonyl (C=O) groups excluding carboxylic acids is 2. The molecule has 6 nitrogen and oxygen atoms in total. The van der Waals surface area contributed by atoms with Crippen LogP contribution >= 0.6 is 0 Å². The SMILES string of the molecule is CC(=O)N(C)c1c(C(=O)N(C)c2ccccc2)c(=O)n(C)c2ccccc12. The van der Waals surface area contributed by atoms with Crippen molar-refractivity contribution in [2.75, 3.05) is 23.9 Å². The first-order valence-corrected chi connectivity index (χ1v) is 8.53. The van der Waals surface area contributed by atoms with E-state index in [1.807, 2.05) is 36.4 Å². The topological polar surface area (TPSA) is 62.6 Å². The van der Waals surface area contributed by atoms with Gasteiger partial charge in [-0.2, -0.15) is 0 Å². The summed E-state index contributed by atoms with van der Waals surface area (Å²) < 4.78 is 1.44. The van der Waals surface area contributed by atoms with Gasteiger partial charge in [-0.3, -0.25) is 14.4 Å². The van der Waals surface area contributed by atoms with E-state index in [-0.39, 0.29) is 11.5 Å². The second kappa shape index (κ2) is 7.07. The zero-order valence-electron chi connectivity index (χ0n) is 15.8. The Bertz CT molecular complexity index is 1090. The number of benzene rings is 2. The number of amides is 2. The number of hydrogen-bond donors (Lipinski definition) is 0. The first-order valence-electron chi connectivity index (χ1n) is 8.53. The van der Waals surface area contributed by atoms with E-state index in [2.05, 4.69) is 0 Å². The third-order valence-electron chi connectivity index (χ3n) is 4.75. The molecule has 0 saturated heterocycles. The van der Waals surface area contributed by atoms with Gasteiger partial charge in [0.2, 0.25) is 5.91 Å². The van der Waals surface area contributed by atoms with Crippen molar-refractivity contribution in [1.29, 1.82) is 0 Å². The van der Waals surface area contributed by atoms with Gasteiger partial charge in [0.15, 0.2) is 0 Å². The summed E-state index contributed by atoms with van der Waals surface area (Å²) in [5.74, 6) is -0.722. The van der Waals surface area contributed by atoms with Gasteiger partial charge in [0, 0.05) is 39.1 Å². The minimum absolute atomic E-state index is 0.0275. The minimum atomic E-state index is -0.462. The predicted molar refractivity (Wildman–Crippen MR) is 107 cm³/mol. The Morgan fingerprint density at radius 2 is 1.48 bits per heavy atom. The molecule has 0 N–H and O–H groups in total. The highest BCUT2D eigenvalue weighted by Crippen LogP contribution is 2.29. The highest BCUT2D eigenvalue weighted by molar-refractivity contribution is 6.16. The van der Waals surface area contributed by atoms with Gasteiger partial charge in [-0.25, -0.2) is 0 Å². The largest absolute Gasteiger partial charge is 0.314 e. The van der Waals surface area contributed by atoms with Crippen molar-refractivity contribution in [3.63, 3.8) is 0 Å². The van der Waals surface area contributed by atoms with E-state index in [4.69, 9.17) is 0 Å². The average Bonchev–Trinajstić information content (AvgIpc) is 2.69. The zero-order valence-corrected chi connectivity index (χ0v) is 15.8. The lowest BCUT2D eigenvalue weighted by Gasteiger charge is -2.25. The number of aryl methyl sites for hydroxylation is 1. The number of nitrogens with zero attached hydrogens (tertiary/aromatic N) is 3. The quantitative estimate of drug-likeness (QED) is 0.719. The molecule has 0 aliphatic heterocycles. The molecule has 0 unspecified atom stereocenters. The summed E-state index contributed by atoms with van der Waals surface area (Å²) in [6, 6.07) is 16.3. The number of aromatic nitrogens is 1. The zero-order chi connectivity index (χ0) is 19.7. The molecule has 6 heteroatoms. The van der Waals surface area contributed by atoms with E-state index in [0.717, 1.165) is 0 Å². The molecule has 1 heterocycles. The van der Waals surface area contributed by atoms with Crippen LogP contribution in [0.25, 0.3) is 10.9 Å². The number of pyridine rings is 1. The molecular formula is C21H21N3O3. The van der Waals surface area contributed by atoms with Crippen molar-refractivity contribution in [2.45, 2.75) is 6.92 Å². The second-order valence-electron chi connectivity index (χ2n) is 6.38. The lowest BCUT2D eigenvalue weighted by molar-refractivity contribution is -0.116. The molecule has 0 bridgehead atoms. The molecule has 1 aromatic heterocycles. The van der Waals surface area contributed by atoms with Gasteiger partial charge in [-0.05, 0) is 18.2 Å². The molecule has 138 valence electrons. The Hall–Kier alpha value is -3.41. The molecule has 0 aliphatic rings. The second-order valence-corrected chi connectivity index (χ2v) is 6.38. The summed E-state index contributed by atoms with van der Waals surface area (Å²) in [6.07, 6.45) is 0. The number of anilines is 2. The van der Waals surface area contributed by atoms with E-state index >= 15 is 0 Å². The molecule has 27 heavy (non-hydrogen) atoms. The Balaban J connectivity index is 2.33.